The summed E-state index contributed by atoms with van der Waals surface area (Å²) in [6, 6.07) is 8.90. The highest BCUT2D eigenvalue weighted by Gasteiger charge is 2.44. The number of nitrogens with zero attached hydrogens (tertiary/aromatic N) is 2. The average molecular weight is 596 g/mol. The Kier molecular flexibility index (Phi) is 8.60. The maximum atomic E-state index is 14.2. The summed E-state index contributed by atoms with van der Waals surface area (Å²) >= 11 is 0. The first kappa shape index (κ1) is 30.4. The quantitative estimate of drug-likeness (QED) is 0.408. The maximum Gasteiger partial charge on any atom is 0.416 e. The molecule has 2 aliphatic heterocycles. The van der Waals surface area contributed by atoms with E-state index >= 15 is 0 Å². The van der Waals surface area contributed by atoms with Crippen LogP contribution >= 0.6 is 0 Å². The Morgan fingerprint density at radius 1 is 0.905 bits per heavy atom. The number of hydrogen-bond acceptors (Lipinski definition) is 3. The lowest BCUT2D eigenvalue weighted by Crippen LogP contribution is -2.51. The molecule has 0 spiro atoms. The predicted octanol–water partition coefficient (Wildman–Crippen LogP) is 6.16. The van der Waals surface area contributed by atoms with E-state index in [1.165, 1.54) is 4.90 Å². The molecule has 2 aromatic carbocycles. The van der Waals surface area contributed by atoms with Crippen LogP contribution in [0.4, 0.5) is 26.3 Å². The summed E-state index contributed by atoms with van der Waals surface area (Å²) < 4.78 is 81.1. The average Bonchev–Trinajstić information content (AvgIpc) is 3.80. The van der Waals surface area contributed by atoms with E-state index < -0.39 is 29.4 Å². The van der Waals surface area contributed by atoms with E-state index in [1.54, 1.807) is 0 Å². The van der Waals surface area contributed by atoms with Crippen LogP contribution < -0.4 is 5.32 Å². The zero-order valence-corrected chi connectivity index (χ0v) is 23.4. The van der Waals surface area contributed by atoms with Gasteiger partial charge in [-0.2, -0.15) is 26.3 Å². The summed E-state index contributed by atoms with van der Waals surface area (Å²) in [6.45, 7) is 3.85. The topological polar surface area (TPSA) is 52.7 Å². The summed E-state index contributed by atoms with van der Waals surface area (Å²) in [5.41, 5.74) is -1.10. The van der Waals surface area contributed by atoms with E-state index in [9.17, 15) is 35.9 Å². The molecule has 1 saturated carbocycles. The molecule has 0 unspecified atom stereocenters. The molecule has 11 heteroatoms. The second-order valence-electron chi connectivity index (χ2n) is 11.8. The Labute approximate surface area is 241 Å². The van der Waals surface area contributed by atoms with E-state index in [0.717, 1.165) is 37.1 Å². The molecule has 42 heavy (non-hydrogen) atoms. The van der Waals surface area contributed by atoms with Crippen molar-refractivity contribution < 1.29 is 35.9 Å². The van der Waals surface area contributed by atoms with Gasteiger partial charge in [0.15, 0.2) is 0 Å². The molecule has 2 saturated heterocycles. The molecule has 1 N–H and O–H groups in total. The third-order valence-electron chi connectivity index (χ3n) is 8.79. The summed E-state index contributed by atoms with van der Waals surface area (Å²) in [7, 11) is 0. The molecule has 2 amide bonds. The Balaban J connectivity index is 1.44. The van der Waals surface area contributed by atoms with Gasteiger partial charge in [0.05, 0.1) is 11.1 Å². The van der Waals surface area contributed by atoms with E-state index in [4.69, 9.17) is 0 Å². The molecule has 0 radical (unpaired) electrons. The van der Waals surface area contributed by atoms with Gasteiger partial charge in [-0.15, -0.1) is 0 Å². The number of carbonyl (C=O) groups excluding carboxylic acids is 2. The maximum absolute atomic E-state index is 14.2. The van der Waals surface area contributed by atoms with Gasteiger partial charge in [-0.1, -0.05) is 24.3 Å². The second kappa shape index (κ2) is 11.9. The zero-order chi connectivity index (χ0) is 30.2. The fourth-order valence-electron chi connectivity index (χ4n) is 6.39. The molecule has 0 bridgehead atoms. The number of amides is 2. The highest BCUT2D eigenvalue weighted by molar-refractivity contribution is 5.83. The third-order valence-corrected chi connectivity index (χ3v) is 8.79. The molecule has 2 heterocycles. The summed E-state index contributed by atoms with van der Waals surface area (Å²) in [5, 5.41) is 3.26. The first-order valence-corrected chi connectivity index (χ1v) is 14.5. The molecule has 1 aliphatic carbocycles. The lowest BCUT2D eigenvalue weighted by Gasteiger charge is -2.42. The zero-order valence-electron chi connectivity index (χ0n) is 23.4. The number of aryl methyl sites for hydroxylation is 1. The molecule has 3 aliphatic rings. The highest BCUT2D eigenvalue weighted by atomic mass is 19.4. The molecule has 2 aromatic rings. The van der Waals surface area contributed by atoms with Crippen molar-refractivity contribution in [2.24, 2.45) is 11.8 Å². The number of nitrogens with one attached hydrogen (secondary N) is 1. The minimum absolute atomic E-state index is 0.0728. The van der Waals surface area contributed by atoms with Crippen molar-refractivity contribution in [1.82, 2.24) is 15.1 Å². The molecule has 228 valence electrons. The molecule has 3 fully saturated rings. The van der Waals surface area contributed by atoms with Crippen molar-refractivity contribution in [1.29, 1.82) is 0 Å². The highest BCUT2D eigenvalue weighted by Crippen LogP contribution is 2.41. The van der Waals surface area contributed by atoms with Gasteiger partial charge in [-0.3, -0.25) is 9.59 Å². The number of benzene rings is 2. The molecular formula is C31H35F6N3O2. The van der Waals surface area contributed by atoms with Crippen molar-refractivity contribution in [2.75, 3.05) is 26.2 Å². The van der Waals surface area contributed by atoms with Crippen LogP contribution in [-0.2, 0) is 28.5 Å². The number of piperidine rings is 2. The fourth-order valence-corrected chi connectivity index (χ4v) is 6.39. The van der Waals surface area contributed by atoms with Gasteiger partial charge in [0, 0.05) is 43.4 Å². The Hall–Kier alpha value is -3.08. The SMILES string of the molecule is Cc1ccccc1[C@@H]1CN(C(=O)C2CCNCC2)CC[C@H]1C(=O)N(Cc1cc(C(F)(F)F)cc(C(F)(F)F)c1)C1CC1. The Morgan fingerprint density at radius 3 is 2.10 bits per heavy atom. The molecule has 5 nitrogen and oxygen atoms in total. The third kappa shape index (κ3) is 6.76. The predicted molar refractivity (Wildman–Crippen MR) is 144 cm³/mol. The smallest absolute Gasteiger partial charge is 0.342 e. The van der Waals surface area contributed by atoms with Crippen LogP contribution in [-0.4, -0.2) is 53.8 Å². The van der Waals surface area contributed by atoms with Crippen molar-refractivity contribution >= 4 is 11.8 Å². The van der Waals surface area contributed by atoms with E-state index in [2.05, 4.69) is 5.32 Å². The van der Waals surface area contributed by atoms with E-state index in [1.807, 2.05) is 36.1 Å². The monoisotopic (exact) mass is 595 g/mol. The Bertz CT molecular complexity index is 1270. The van der Waals surface area contributed by atoms with Gasteiger partial charge in [-0.05, 0) is 87.0 Å². The van der Waals surface area contributed by atoms with Gasteiger partial charge in [0.1, 0.15) is 0 Å². The van der Waals surface area contributed by atoms with Crippen LogP contribution in [0.5, 0.6) is 0 Å². The van der Waals surface area contributed by atoms with Gasteiger partial charge >= 0.3 is 12.4 Å². The minimum atomic E-state index is -4.96. The fraction of sp³-hybridized carbons (Fsp3) is 0.548. The second-order valence-corrected chi connectivity index (χ2v) is 11.8. The van der Waals surface area contributed by atoms with E-state index in [-0.39, 0.29) is 47.9 Å². The molecule has 0 aromatic heterocycles. The molecular weight excluding hydrogens is 560 g/mol. The van der Waals surface area contributed by atoms with Crippen LogP contribution in [0.3, 0.4) is 0 Å². The Morgan fingerprint density at radius 2 is 1.52 bits per heavy atom. The number of halogens is 6. The van der Waals surface area contributed by atoms with Gasteiger partial charge in [-0.25, -0.2) is 0 Å². The number of rotatable bonds is 6. The number of alkyl halides is 6. The first-order valence-electron chi connectivity index (χ1n) is 14.5. The van der Waals surface area contributed by atoms with Crippen molar-refractivity contribution in [3.63, 3.8) is 0 Å². The molecule has 2 atom stereocenters. The normalized spacial score (nSPS) is 22.2. The van der Waals surface area contributed by atoms with Crippen molar-refractivity contribution in [3.05, 3.63) is 70.3 Å². The van der Waals surface area contributed by atoms with Crippen LogP contribution in [0.15, 0.2) is 42.5 Å². The van der Waals surface area contributed by atoms with E-state index in [0.29, 0.717) is 44.5 Å². The lowest BCUT2D eigenvalue weighted by atomic mass is 9.77. The van der Waals surface area contributed by atoms with Crippen LogP contribution in [0, 0.1) is 18.8 Å². The lowest BCUT2D eigenvalue weighted by molar-refractivity contribution is -0.145. The van der Waals surface area contributed by atoms with Gasteiger partial charge in [0.2, 0.25) is 11.8 Å². The standard InChI is InChI=1S/C31H35F6N3O2/c1-19-4-2-3-5-25(19)27-18-39(28(41)21-8-11-38-12-9-21)13-10-26(27)29(42)40(24-6-7-24)17-20-14-22(30(32,33)34)16-23(15-20)31(35,36)37/h2-5,14-16,21,24,26-27,38H,6-13,17-18H2,1H3/t26-,27+/m1/s1. The summed E-state index contributed by atoms with van der Waals surface area (Å²) in [5.74, 6) is -1.19. The van der Waals surface area contributed by atoms with Crippen LogP contribution in [0.1, 0.15) is 65.8 Å². The number of carbonyl (C=O) groups is 2. The minimum Gasteiger partial charge on any atom is -0.342 e. The first-order chi connectivity index (χ1) is 19.8. The molecule has 5 rings (SSSR count). The van der Waals surface area contributed by atoms with Crippen molar-refractivity contribution in [3.8, 4) is 0 Å². The van der Waals surface area contributed by atoms with Crippen molar-refractivity contribution in [2.45, 2.75) is 69.9 Å². The largest absolute Gasteiger partial charge is 0.416 e. The summed E-state index contributed by atoms with van der Waals surface area (Å²) in [6.07, 6.45) is -6.79. The summed E-state index contributed by atoms with van der Waals surface area (Å²) in [4.78, 5) is 30.9. The van der Waals surface area contributed by atoms with Crippen LogP contribution in [0.25, 0.3) is 0 Å². The van der Waals surface area contributed by atoms with Gasteiger partial charge in [0.25, 0.3) is 0 Å². The number of hydrogen-bond donors (Lipinski definition) is 1. The number of likely N-dealkylation sites (tertiary alicyclic amines) is 1. The van der Waals surface area contributed by atoms with Crippen LogP contribution in [0.2, 0.25) is 0 Å². The van der Waals surface area contributed by atoms with Gasteiger partial charge < -0.3 is 15.1 Å².